The molecule has 0 bridgehead atoms. The summed E-state index contributed by atoms with van der Waals surface area (Å²) in [5, 5.41) is 7.15. The van der Waals surface area contributed by atoms with Crippen LogP contribution >= 0.6 is 0 Å². The van der Waals surface area contributed by atoms with Crippen LogP contribution in [0, 0.1) is 11.3 Å². The molecule has 0 heterocycles. The maximum absolute atomic E-state index is 12.2. The molecule has 1 aromatic carbocycles. The van der Waals surface area contributed by atoms with Crippen LogP contribution in [-0.4, -0.2) is 44.3 Å². The predicted octanol–water partition coefficient (Wildman–Crippen LogP) is 2.77. The smallest absolute Gasteiger partial charge is 0.225 e. The number of benzene rings is 1. The third kappa shape index (κ3) is 5.06. The largest absolute Gasteiger partial charge is 0.493 e. The zero-order valence-corrected chi connectivity index (χ0v) is 13.9. The Morgan fingerprint density at radius 1 is 1.23 bits per heavy atom. The van der Waals surface area contributed by atoms with Crippen molar-refractivity contribution in [3.05, 3.63) is 23.8 Å². The van der Waals surface area contributed by atoms with Crippen molar-refractivity contribution in [3.63, 3.8) is 0 Å². The minimum atomic E-state index is -0.0314. The molecule has 0 aliphatic carbocycles. The highest BCUT2D eigenvalue weighted by Gasteiger charge is 2.16. The Morgan fingerprint density at radius 3 is 2.45 bits per heavy atom. The number of hydrogen-bond donors (Lipinski definition) is 1. The molecule has 0 aliphatic heterocycles. The molecule has 122 valence electrons. The molecule has 1 rings (SSSR count). The normalized spacial score (nSPS) is 10.4. The van der Waals surface area contributed by atoms with Crippen LogP contribution < -0.4 is 9.47 Å². The molecule has 1 N–H and O–H groups in total. The number of hydrogen-bond acceptors (Lipinski definition) is 4. The van der Waals surface area contributed by atoms with Crippen LogP contribution in [0.15, 0.2) is 18.2 Å². The van der Waals surface area contributed by atoms with Gasteiger partial charge in [-0.3, -0.25) is 4.79 Å². The van der Waals surface area contributed by atoms with Crippen LogP contribution in [0.25, 0.3) is 0 Å². The van der Waals surface area contributed by atoms with Gasteiger partial charge in [0.1, 0.15) is 0 Å². The minimum Gasteiger partial charge on any atom is -0.493 e. The Kier molecular flexibility index (Phi) is 7.43. The first-order valence-corrected chi connectivity index (χ1v) is 7.52. The van der Waals surface area contributed by atoms with Crippen molar-refractivity contribution < 1.29 is 14.3 Å². The lowest BCUT2D eigenvalue weighted by molar-refractivity contribution is -0.134. The average molecular weight is 306 g/mol. The van der Waals surface area contributed by atoms with Gasteiger partial charge in [0.15, 0.2) is 11.5 Å². The van der Waals surface area contributed by atoms with Crippen molar-refractivity contribution in [1.29, 1.82) is 5.41 Å². The summed E-state index contributed by atoms with van der Waals surface area (Å²) >= 11 is 0. The number of nitrogens with one attached hydrogen (secondary N) is 1. The highest BCUT2D eigenvalue weighted by molar-refractivity contribution is 5.78. The second-order valence-corrected chi connectivity index (χ2v) is 5.41. The van der Waals surface area contributed by atoms with E-state index in [1.807, 2.05) is 36.9 Å². The topological polar surface area (TPSA) is 62.6 Å². The molecule has 0 aromatic heterocycles. The Labute approximate surface area is 132 Å². The molecule has 0 unspecified atom stereocenters. The van der Waals surface area contributed by atoms with E-state index in [-0.39, 0.29) is 11.8 Å². The number of nitrogens with zero attached hydrogens (tertiary/aromatic N) is 1. The predicted molar refractivity (Wildman–Crippen MR) is 88.1 cm³/mol. The highest BCUT2D eigenvalue weighted by atomic mass is 16.5. The Hall–Kier alpha value is -2.04. The van der Waals surface area contributed by atoms with Crippen molar-refractivity contribution in [2.45, 2.75) is 26.7 Å². The SMILES string of the molecule is COc1ccc(CCN(CCC=N)C(=O)C(C)C)cc1OC. The van der Waals surface area contributed by atoms with E-state index >= 15 is 0 Å². The van der Waals surface area contributed by atoms with E-state index in [0.29, 0.717) is 31.0 Å². The van der Waals surface area contributed by atoms with Gasteiger partial charge in [0, 0.05) is 19.0 Å². The van der Waals surface area contributed by atoms with Crippen LogP contribution in [0.1, 0.15) is 25.8 Å². The van der Waals surface area contributed by atoms with Crippen LogP contribution in [-0.2, 0) is 11.2 Å². The molecule has 0 radical (unpaired) electrons. The van der Waals surface area contributed by atoms with Gasteiger partial charge in [-0.05, 0) is 36.8 Å². The first kappa shape index (κ1) is 18.0. The van der Waals surface area contributed by atoms with Gasteiger partial charge >= 0.3 is 0 Å². The zero-order valence-electron chi connectivity index (χ0n) is 13.9. The van der Waals surface area contributed by atoms with E-state index in [1.54, 1.807) is 14.2 Å². The lowest BCUT2D eigenvalue weighted by Gasteiger charge is -2.24. The summed E-state index contributed by atoms with van der Waals surface area (Å²) in [5.41, 5.74) is 1.09. The number of carbonyl (C=O) groups is 1. The number of rotatable bonds is 9. The molecule has 0 saturated carbocycles. The second-order valence-electron chi connectivity index (χ2n) is 5.41. The third-order valence-corrected chi connectivity index (χ3v) is 3.47. The van der Waals surface area contributed by atoms with E-state index < -0.39 is 0 Å². The van der Waals surface area contributed by atoms with Crippen molar-refractivity contribution >= 4 is 12.1 Å². The van der Waals surface area contributed by atoms with Gasteiger partial charge < -0.3 is 19.8 Å². The molecule has 0 fully saturated rings. The van der Waals surface area contributed by atoms with Crippen molar-refractivity contribution in [1.82, 2.24) is 4.90 Å². The molecule has 1 aromatic rings. The van der Waals surface area contributed by atoms with Gasteiger partial charge in [-0.2, -0.15) is 0 Å². The van der Waals surface area contributed by atoms with E-state index in [2.05, 4.69) is 0 Å². The third-order valence-electron chi connectivity index (χ3n) is 3.47. The molecule has 0 atom stereocenters. The molecular formula is C17H26N2O3. The standard InChI is InChI=1S/C17H26N2O3/c1-13(2)17(20)19(10-5-9-18)11-8-14-6-7-15(21-3)16(12-14)22-4/h6-7,9,12-13,18H,5,8,10-11H2,1-4H3. The molecule has 5 nitrogen and oxygen atoms in total. The molecule has 22 heavy (non-hydrogen) atoms. The monoisotopic (exact) mass is 306 g/mol. The van der Waals surface area contributed by atoms with Gasteiger partial charge in [0.05, 0.1) is 14.2 Å². The van der Waals surface area contributed by atoms with E-state index in [1.165, 1.54) is 6.21 Å². The summed E-state index contributed by atoms with van der Waals surface area (Å²) in [6.45, 7) is 5.03. The van der Waals surface area contributed by atoms with E-state index in [4.69, 9.17) is 14.9 Å². The second kappa shape index (κ2) is 9.07. The summed E-state index contributed by atoms with van der Waals surface area (Å²) in [5.74, 6) is 1.49. The van der Waals surface area contributed by atoms with E-state index in [0.717, 1.165) is 12.0 Å². The number of carbonyl (C=O) groups excluding carboxylic acids is 1. The summed E-state index contributed by atoms with van der Waals surface area (Å²) in [6, 6.07) is 5.80. The Bertz CT molecular complexity index is 501. The first-order valence-electron chi connectivity index (χ1n) is 7.52. The Balaban J connectivity index is 2.75. The molecular weight excluding hydrogens is 280 g/mol. The Morgan fingerprint density at radius 2 is 1.91 bits per heavy atom. The summed E-state index contributed by atoms with van der Waals surface area (Å²) in [7, 11) is 3.22. The number of amides is 1. The quantitative estimate of drug-likeness (QED) is 0.714. The highest BCUT2D eigenvalue weighted by Crippen LogP contribution is 2.27. The number of methoxy groups -OCH3 is 2. The van der Waals surface area contributed by atoms with Crippen LogP contribution in [0.2, 0.25) is 0 Å². The van der Waals surface area contributed by atoms with E-state index in [9.17, 15) is 4.79 Å². The zero-order chi connectivity index (χ0) is 16.5. The van der Waals surface area contributed by atoms with Gasteiger partial charge in [-0.1, -0.05) is 19.9 Å². The maximum atomic E-state index is 12.2. The van der Waals surface area contributed by atoms with Crippen LogP contribution in [0.3, 0.4) is 0 Å². The molecule has 0 spiro atoms. The van der Waals surface area contributed by atoms with Crippen LogP contribution in [0.5, 0.6) is 11.5 Å². The molecule has 0 aliphatic rings. The number of ether oxygens (including phenoxy) is 2. The summed E-state index contributed by atoms with van der Waals surface area (Å²) < 4.78 is 10.5. The minimum absolute atomic E-state index is 0.0314. The summed E-state index contributed by atoms with van der Waals surface area (Å²) in [6.07, 6.45) is 2.68. The fraction of sp³-hybridized carbons (Fsp3) is 0.529. The fourth-order valence-corrected chi connectivity index (χ4v) is 2.22. The fourth-order valence-electron chi connectivity index (χ4n) is 2.22. The van der Waals surface area contributed by atoms with Gasteiger partial charge in [0.2, 0.25) is 5.91 Å². The van der Waals surface area contributed by atoms with Crippen molar-refractivity contribution in [3.8, 4) is 11.5 Å². The van der Waals surface area contributed by atoms with Gasteiger partial charge in [0.25, 0.3) is 0 Å². The van der Waals surface area contributed by atoms with Crippen LogP contribution in [0.4, 0.5) is 0 Å². The molecule has 0 saturated heterocycles. The lowest BCUT2D eigenvalue weighted by atomic mass is 10.1. The lowest BCUT2D eigenvalue weighted by Crippen LogP contribution is -2.36. The average Bonchev–Trinajstić information content (AvgIpc) is 2.53. The van der Waals surface area contributed by atoms with Crippen molar-refractivity contribution in [2.75, 3.05) is 27.3 Å². The summed E-state index contributed by atoms with van der Waals surface area (Å²) in [4.78, 5) is 14.0. The molecule has 5 heteroatoms. The maximum Gasteiger partial charge on any atom is 0.225 e. The first-order chi connectivity index (χ1) is 10.5. The van der Waals surface area contributed by atoms with Crippen molar-refractivity contribution in [2.24, 2.45) is 5.92 Å². The van der Waals surface area contributed by atoms with Gasteiger partial charge in [-0.25, -0.2) is 0 Å². The van der Waals surface area contributed by atoms with Gasteiger partial charge in [-0.15, -0.1) is 0 Å². The molecule has 1 amide bonds.